The molecule has 0 saturated heterocycles. The molecule has 17 heavy (non-hydrogen) atoms. The first-order valence-corrected chi connectivity index (χ1v) is 5.48. The summed E-state index contributed by atoms with van der Waals surface area (Å²) in [5.74, 6) is 0. The van der Waals surface area contributed by atoms with E-state index < -0.39 is 0 Å². The molecule has 3 aromatic rings. The van der Waals surface area contributed by atoms with Gasteiger partial charge in [0.05, 0.1) is 6.20 Å². The molecule has 4 heteroatoms. The normalized spacial score (nSPS) is 10.9. The topological polar surface area (TPSA) is 43.1 Å². The zero-order valence-electron chi connectivity index (χ0n) is 9.75. The predicted octanol–water partition coefficient (Wildman–Crippen LogP) is 2.41. The van der Waals surface area contributed by atoms with Crippen molar-refractivity contribution in [2.45, 2.75) is 13.8 Å². The number of aryl methyl sites for hydroxylation is 2. The molecule has 3 heterocycles. The summed E-state index contributed by atoms with van der Waals surface area (Å²) in [5, 5.41) is 4.37. The van der Waals surface area contributed by atoms with E-state index >= 15 is 0 Å². The Morgan fingerprint density at radius 1 is 1.12 bits per heavy atom. The van der Waals surface area contributed by atoms with Gasteiger partial charge in [-0.05, 0) is 37.6 Å². The molecule has 0 N–H and O–H groups in total. The Balaban J connectivity index is 2.32. The number of hydrogen-bond donors (Lipinski definition) is 0. The third kappa shape index (κ3) is 1.58. The van der Waals surface area contributed by atoms with E-state index in [0.717, 1.165) is 28.2 Å². The van der Waals surface area contributed by atoms with Crippen LogP contribution in [0.2, 0.25) is 0 Å². The zero-order valence-corrected chi connectivity index (χ0v) is 9.75. The van der Waals surface area contributed by atoms with E-state index in [4.69, 9.17) is 0 Å². The second-order valence-electron chi connectivity index (χ2n) is 4.07. The third-order valence-electron chi connectivity index (χ3n) is 2.77. The molecule has 4 nitrogen and oxygen atoms in total. The minimum Gasteiger partial charge on any atom is -0.265 e. The van der Waals surface area contributed by atoms with Gasteiger partial charge < -0.3 is 0 Å². The van der Waals surface area contributed by atoms with Crippen LogP contribution in [0.1, 0.15) is 11.4 Å². The number of hydrogen-bond acceptors (Lipinski definition) is 3. The maximum Gasteiger partial charge on any atom is 0.163 e. The van der Waals surface area contributed by atoms with Crippen LogP contribution in [0.25, 0.3) is 16.8 Å². The van der Waals surface area contributed by atoms with E-state index in [1.165, 1.54) is 0 Å². The highest BCUT2D eigenvalue weighted by Gasteiger charge is 2.09. The van der Waals surface area contributed by atoms with Crippen LogP contribution in [0, 0.1) is 13.8 Å². The fourth-order valence-electron chi connectivity index (χ4n) is 2.01. The summed E-state index contributed by atoms with van der Waals surface area (Å²) < 4.78 is 1.86. The highest BCUT2D eigenvalue weighted by atomic mass is 15.2. The average molecular weight is 224 g/mol. The predicted molar refractivity (Wildman–Crippen MR) is 65.7 cm³/mol. The smallest absolute Gasteiger partial charge is 0.163 e. The molecule has 0 saturated carbocycles. The minimum absolute atomic E-state index is 0.897. The van der Waals surface area contributed by atoms with E-state index in [1.54, 1.807) is 12.4 Å². The summed E-state index contributed by atoms with van der Waals surface area (Å²) in [5.41, 5.74) is 5.12. The van der Waals surface area contributed by atoms with Gasteiger partial charge in [0, 0.05) is 29.3 Å². The Morgan fingerprint density at radius 2 is 1.88 bits per heavy atom. The number of rotatable bonds is 1. The Kier molecular flexibility index (Phi) is 2.14. The van der Waals surface area contributed by atoms with Crippen molar-refractivity contribution in [2.24, 2.45) is 0 Å². The van der Waals surface area contributed by atoms with E-state index in [2.05, 4.69) is 15.1 Å². The molecule has 0 aliphatic rings. The van der Waals surface area contributed by atoms with Crippen molar-refractivity contribution >= 4 is 5.65 Å². The van der Waals surface area contributed by atoms with Crippen molar-refractivity contribution in [3.05, 3.63) is 48.2 Å². The molecule has 0 spiro atoms. The first-order chi connectivity index (χ1) is 8.25. The van der Waals surface area contributed by atoms with E-state index in [9.17, 15) is 0 Å². The first kappa shape index (κ1) is 9.96. The lowest BCUT2D eigenvalue weighted by atomic mass is 10.1. The van der Waals surface area contributed by atoms with Gasteiger partial charge in [0.25, 0.3) is 0 Å². The molecule has 0 unspecified atom stereocenters. The first-order valence-electron chi connectivity index (χ1n) is 5.48. The molecule has 84 valence electrons. The van der Waals surface area contributed by atoms with Crippen molar-refractivity contribution in [2.75, 3.05) is 0 Å². The molecule has 3 rings (SSSR count). The van der Waals surface area contributed by atoms with Crippen LogP contribution in [0.3, 0.4) is 0 Å². The molecule has 0 fully saturated rings. The molecule has 0 amide bonds. The van der Waals surface area contributed by atoms with Gasteiger partial charge in [-0.15, -0.1) is 0 Å². The van der Waals surface area contributed by atoms with Gasteiger partial charge in [-0.2, -0.15) is 5.10 Å². The number of fused-ring (bicyclic) bond motifs is 1. The molecule has 0 radical (unpaired) electrons. The highest BCUT2D eigenvalue weighted by Crippen LogP contribution is 2.23. The second kappa shape index (κ2) is 3.66. The van der Waals surface area contributed by atoms with Crippen molar-refractivity contribution in [1.29, 1.82) is 0 Å². The summed E-state index contributed by atoms with van der Waals surface area (Å²) >= 11 is 0. The molecular weight excluding hydrogens is 212 g/mol. The molecule has 0 aromatic carbocycles. The van der Waals surface area contributed by atoms with Crippen LogP contribution < -0.4 is 0 Å². The van der Waals surface area contributed by atoms with Crippen molar-refractivity contribution in [3.63, 3.8) is 0 Å². The maximum atomic E-state index is 4.55. The summed E-state index contributed by atoms with van der Waals surface area (Å²) in [6.07, 6.45) is 5.41. The standard InChI is InChI=1S/C13H12N4/c1-9-7-10(2)17-13(16-9)12(8-15-17)11-3-5-14-6-4-11/h3-8H,1-2H3. The van der Waals surface area contributed by atoms with Gasteiger partial charge in [-0.3, -0.25) is 4.98 Å². The fourth-order valence-corrected chi connectivity index (χ4v) is 2.01. The van der Waals surface area contributed by atoms with Crippen LogP contribution in [-0.2, 0) is 0 Å². The SMILES string of the molecule is Cc1cc(C)n2ncc(-c3ccncc3)c2n1. The molecule has 0 aliphatic heterocycles. The average Bonchev–Trinajstić information content (AvgIpc) is 2.74. The van der Waals surface area contributed by atoms with Crippen molar-refractivity contribution in [1.82, 2.24) is 19.6 Å². The van der Waals surface area contributed by atoms with Gasteiger partial charge in [-0.1, -0.05) is 0 Å². The number of nitrogens with zero attached hydrogens (tertiary/aromatic N) is 4. The Hall–Kier alpha value is -2.23. The Labute approximate surface area is 99.0 Å². The molecule has 0 atom stereocenters. The van der Waals surface area contributed by atoms with Gasteiger partial charge in [0.1, 0.15) is 0 Å². The molecule has 3 aromatic heterocycles. The lowest BCUT2D eigenvalue weighted by Gasteiger charge is -2.02. The largest absolute Gasteiger partial charge is 0.265 e. The molecule has 0 bridgehead atoms. The third-order valence-corrected chi connectivity index (χ3v) is 2.77. The van der Waals surface area contributed by atoms with E-state index in [1.807, 2.05) is 42.8 Å². The van der Waals surface area contributed by atoms with E-state index in [-0.39, 0.29) is 0 Å². The lowest BCUT2D eigenvalue weighted by Crippen LogP contribution is -1.97. The van der Waals surface area contributed by atoms with Crippen LogP contribution >= 0.6 is 0 Å². The minimum atomic E-state index is 0.897. The summed E-state index contributed by atoms with van der Waals surface area (Å²) in [6, 6.07) is 5.96. The number of aromatic nitrogens is 4. The number of pyridine rings is 1. The van der Waals surface area contributed by atoms with Crippen LogP contribution in [0.15, 0.2) is 36.8 Å². The Bertz CT molecular complexity index is 670. The molecular formula is C13H12N4. The second-order valence-corrected chi connectivity index (χ2v) is 4.07. The molecule has 0 aliphatic carbocycles. The summed E-state index contributed by atoms with van der Waals surface area (Å²) in [4.78, 5) is 8.58. The van der Waals surface area contributed by atoms with Gasteiger partial charge in [-0.25, -0.2) is 9.50 Å². The fraction of sp³-hybridized carbons (Fsp3) is 0.154. The summed E-state index contributed by atoms with van der Waals surface area (Å²) in [7, 11) is 0. The maximum absolute atomic E-state index is 4.55. The monoisotopic (exact) mass is 224 g/mol. The quantitative estimate of drug-likeness (QED) is 0.637. The Morgan fingerprint density at radius 3 is 2.65 bits per heavy atom. The van der Waals surface area contributed by atoms with Gasteiger partial charge in [0.15, 0.2) is 5.65 Å². The van der Waals surface area contributed by atoms with E-state index in [0.29, 0.717) is 0 Å². The van der Waals surface area contributed by atoms with Gasteiger partial charge in [0.2, 0.25) is 0 Å². The highest BCUT2D eigenvalue weighted by molar-refractivity contribution is 5.76. The van der Waals surface area contributed by atoms with Crippen molar-refractivity contribution < 1.29 is 0 Å². The van der Waals surface area contributed by atoms with Crippen LogP contribution in [0.5, 0.6) is 0 Å². The van der Waals surface area contributed by atoms with Crippen molar-refractivity contribution in [3.8, 4) is 11.1 Å². The van der Waals surface area contributed by atoms with Gasteiger partial charge >= 0.3 is 0 Å². The zero-order chi connectivity index (χ0) is 11.8. The van der Waals surface area contributed by atoms with Crippen LogP contribution in [0.4, 0.5) is 0 Å². The lowest BCUT2D eigenvalue weighted by molar-refractivity contribution is 0.886. The van der Waals surface area contributed by atoms with Crippen LogP contribution in [-0.4, -0.2) is 19.6 Å². The summed E-state index contributed by atoms with van der Waals surface area (Å²) in [6.45, 7) is 4.03.